The zero-order valence-electron chi connectivity index (χ0n) is 32.7. The SMILES string of the molecule is C[C@]12CC[C@H]3[C@]4(C=C[C@@]5(C=C4C(=O)c4ccc(-c6cc(C(F)(F)F)ccc6Cl)o4)CC(O)CC[C@]35C)[C@@H]1CC[C@@]2(O)CN(Cc1cccc2ccccc12)S(C)(=O)=O. The summed E-state index contributed by atoms with van der Waals surface area (Å²) in [5, 5.41) is 26.1. The summed E-state index contributed by atoms with van der Waals surface area (Å²) in [6.07, 6.45) is 6.26. The van der Waals surface area contributed by atoms with Crippen LogP contribution in [-0.4, -0.2) is 53.2 Å². The van der Waals surface area contributed by atoms with E-state index in [1.54, 1.807) is 0 Å². The van der Waals surface area contributed by atoms with Crippen molar-refractivity contribution >= 4 is 38.2 Å². The second-order valence-corrected chi connectivity index (χ2v) is 20.6. The van der Waals surface area contributed by atoms with Crippen molar-refractivity contribution in [2.24, 2.45) is 33.5 Å². The number of hydrogen-bond acceptors (Lipinski definition) is 6. The summed E-state index contributed by atoms with van der Waals surface area (Å²) in [6, 6.07) is 19.5. The third-order valence-corrected chi connectivity index (χ3v) is 17.0. The lowest BCUT2D eigenvalue weighted by atomic mass is 9.32. The quantitative estimate of drug-likeness (QED) is 0.135. The van der Waals surface area contributed by atoms with Crippen molar-refractivity contribution in [1.29, 1.82) is 0 Å². The Hall–Kier alpha value is -3.74. The van der Waals surface area contributed by atoms with Crippen LogP contribution >= 0.6 is 11.6 Å². The molecule has 0 aliphatic heterocycles. The van der Waals surface area contributed by atoms with Crippen LogP contribution < -0.4 is 0 Å². The summed E-state index contributed by atoms with van der Waals surface area (Å²) < 4.78 is 75.8. The number of ketones is 1. The van der Waals surface area contributed by atoms with Gasteiger partial charge in [-0.1, -0.05) is 86.1 Å². The Balaban J connectivity index is 1.12. The molecule has 1 unspecified atom stereocenters. The van der Waals surface area contributed by atoms with E-state index in [9.17, 15) is 31.8 Å². The number of fused-ring (bicyclic) bond motifs is 2. The molecule has 6 aliphatic rings. The van der Waals surface area contributed by atoms with Crippen molar-refractivity contribution in [3.05, 3.63) is 119 Å². The molecule has 0 saturated heterocycles. The molecule has 3 fully saturated rings. The number of sulfonamides is 1. The number of aliphatic hydroxyl groups is 2. The molecule has 1 heterocycles. The standard InChI is InChI=1S/C46H47ClF3NO6S/c1-41-18-15-31(52)24-43(41)21-22-45(34(25-43)40(53)37-14-13-36(57-37)33-23-30(46(48,49)50)11-12-35(33)47)38(41)16-19-42(2)39(45)17-20-44(42,54)27-51(58(3,55)56)26-29-9-6-8-28-7-4-5-10-32(28)29/h4-14,21-23,25,31,38-39,52,54H,15-20,24,26-27H2,1-3H3/t31?,38-,39-,41-,42+,43+,44-,45-/m1/s1. The number of allylic oxidation sites excluding steroid dienone is 4. The summed E-state index contributed by atoms with van der Waals surface area (Å²) in [6.45, 7) is 4.28. The predicted octanol–water partition coefficient (Wildman–Crippen LogP) is 10.0. The molecule has 4 aromatic rings. The molecule has 12 heteroatoms. The number of alkyl halides is 3. The van der Waals surface area contributed by atoms with Gasteiger partial charge in [-0.05, 0) is 109 Å². The number of nitrogens with zero attached hydrogens (tertiary/aromatic N) is 1. The Kier molecular flexibility index (Phi) is 8.99. The van der Waals surface area contributed by atoms with Crippen LogP contribution in [0.1, 0.15) is 80.5 Å². The molecule has 8 atom stereocenters. The Bertz CT molecular complexity index is 2530. The number of carbonyl (C=O) groups excluding carboxylic acids is 1. The van der Waals surface area contributed by atoms with E-state index in [0.29, 0.717) is 44.1 Å². The first-order chi connectivity index (χ1) is 27.2. The van der Waals surface area contributed by atoms with Gasteiger partial charge in [-0.15, -0.1) is 0 Å². The summed E-state index contributed by atoms with van der Waals surface area (Å²) in [7, 11) is -3.80. The Labute approximate surface area is 341 Å². The molecule has 0 radical (unpaired) electrons. The highest BCUT2D eigenvalue weighted by Gasteiger charge is 2.74. The van der Waals surface area contributed by atoms with Crippen molar-refractivity contribution in [3.8, 4) is 11.3 Å². The normalized spacial score (nSPS) is 34.2. The molecule has 10 rings (SSSR count). The largest absolute Gasteiger partial charge is 0.453 e. The van der Waals surface area contributed by atoms with E-state index in [0.717, 1.165) is 41.0 Å². The maximum Gasteiger partial charge on any atom is 0.416 e. The second kappa shape index (κ2) is 13.1. The molecule has 3 saturated carbocycles. The highest BCUT2D eigenvalue weighted by Crippen LogP contribution is 2.78. The fourth-order valence-electron chi connectivity index (χ4n) is 12.4. The molecule has 2 N–H and O–H groups in total. The number of carbonyl (C=O) groups is 1. The summed E-state index contributed by atoms with van der Waals surface area (Å²) in [5.74, 6) is -0.743. The minimum Gasteiger partial charge on any atom is -0.453 e. The number of benzene rings is 3. The third kappa shape index (κ3) is 5.70. The topological polar surface area (TPSA) is 108 Å². The second-order valence-electron chi connectivity index (χ2n) is 18.2. The van der Waals surface area contributed by atoms with Crippen LogP contribution in [0.5, 0.6) is 0 Å². The van der Waals surface area contributed by atoms with Crippen LogP contribution in [0.15, 0.2) is 101 Å². The average molecular weight is 834 g/mol. The minimum atomic E-state index is -4.61. The maximum absolute atomic E-state index is 15.1. The number of rotatable bonds is 8. The van der Waals surface area contributed by atoms with Crippen LogP contribution in [0.4, 0.5) is 13.2 Å². The third-order valence-electron chi connectivity index (χ3n) is 15.5. The monoisotopic (exact) mass is 833 g/mol. The number of aliphatic hydroxyl groups excluding tert-OH is 1. The van der Waals surface area contributed by atoms with Gasteiger partial charge in [0.1, 0.15) is 5.76 Å². The molecule has 0 amide bonds. The van der Waals surface area contributed by atoms with Gasteiger partial charge in [-0.3, -0.25) is 4.79 Å². The Morgan fingerprint density at radius 3 is 2.40 bits per heavy atom. The van der Waals surface area contributed by atoms with Gasteiger partial charge in [0.25, 0.3) is 0 Å². The first-order valence-electron chi connectivity index (χ1n) is 20.0. The molecule has 1 aromatic heterocycles. The van der Waals surface area contributed by atoms with Crippen LogP contribution in [0, 0.1) is 33.5 Å². The van der Waals surface area contributed by atoms with Crippen molar-refractivity contribution in [3.63, 3.8) is 0 Å². The van der Waals surface area contributed by atoms with E-state index in [1.165, 1.54) is 22.7 Å². The molecule has 7 nitrogen and oxygen atoms in total. The number of furan rings is 1. The molecular formula is C46H47ClF3NO6S. The van der Waals surface area contributed by atoms with Crippen LogP contribution in [-0.2, 0) is 22.7 Å². The lowest BCUT2D eigenvalue weighted by molar-refractivity contribution is -0.173. The Morgan fingerprint density at radius 2 is 1.64 bits per heavy atom. The van der Waals surface area contributed by atoms with Gasteiger partial charge in [-0.25, -0.2) is 8.42 Å². The van der Waals surface area contributed by atoms with Gasteiger partial charge in [0.05, 0.1) is 28.5 Å². The van der Waals surface area contributed by atoms with Crippen LogP contribution in [0.3, 0.4) is 0 Å². The fourth-order valence-corrected chi connectivity index (χ4v) is 13.5. The number of Topliss-reactive ketones (excluding diaryl/α,β-unsaturated/α-hetero) is 1. The first-order valence-corrected chi connectivity index (χ1v) is 22.3. The van der Waals surface area contributed by atoms with Crippen molar-refractivity contribution < 1.29 is 41.0 Å². The van der Waals surface area contributed by atoms with Crippen molar-refractivity contribution in [2.75, 3.05) is 12.8 Å². The summed E-state index contributed by atoms with van der Waals surface area (Å²) in [4.78, 5) is 15.1. The van der Waals surface area contributed by atoms with E-state index in [-0.39, 0.29) is 52.4 Å². The smallest absolute Gasteiger partial charge is 0.416 e. The number of halogens is 4. The molecule has 2 spiro atoms. The average Bonchev–Trinajstić information content (AvgIpc) is 3.76. The van der Waals surface area contributed by atoms with E-state index in [2.05, 4.69) is 19.1 Å². The van der Waals surface area contributed by atoms with Gasteiger partial charge >= 0.3 is 6.18 Å². The zero-order chi connectivity index (χ0) is 41.3. The predicted molar refractivity (Wildman–Crippen MR) is 216 cm³/mol. The van der Waals surface area contributed by atoms with Gasteiger partial charge in [0.15, 0.2) is 5.76 Å². The molecular weight excluding hydrogens is 787 g/mol. The first kappa shape index (κ1) is 39.7. The summed E-state index contributed by atoms with van der Waals surface area (Å²) in [5.41, 5.74) is -3.64. The highest BCUT2D eigenvalue weighted by molar-refractivity contribution is 7.88. The highest BCUT2D eigenvalue weighted by atomic mass is 35.5. The van der Waals surface area contributed by atoms with E-state index in [4.69, 9.17) is 16.0 Å². The van der Waals surface area contributed by atoms with E-state index >= 15 is 4.79 Å². The van der Waals surface area contributed by atoms with Gasteiger partial charge < -0.3 is 14.6 Å². The minimum absolute atomic E-state index is 0.0113. The van der Waals surface area contributed by atoms with Crippen LogP contribution in [0.25, 0.3) is 22.1 Å². The molecule has 3 aromatic carbocycles. The van der Waals surface area contributed by atoms with Crippen molar-refractivity contribution in [1.82, 2.24) is 4.31 Å². The van der Waals surface area contributed by atoms with E-state index in [1.807, 2.05) is 55.5 Å². The molecule has 306 valence electrons. The van der Waals surface area contributed by atoms with E-state index < -0.39 is 55.5 Å². The summed E-state index contributed by atoms with van der Waals surface area (Å²) >= 11 is 6.38. The van der Waals surface area contributed by atoms with Gasteiger partial charge in [0.2, 0.25) is 15.8 Å². The maximum atomic E-state index is 15.1. The van der Waals surface area contributed by atoms with Gasteiger partial charge in [0, 0.05) is 40.5 Å². The molecule has 58 heavy (non-hydrogen) atoms. The number of hydrogen-bond donors (Lipinski definition) is 2. The fraction of sp³-hybridized carbons (Fsp3) is 0.457. The van der Waals surface area contributed by atoms with Gasteiger partial charge in [-0.2, -0.15) is 17.5 Å². The zero-order valence-corrected chi connectivity index (χ0v) is 34.2. The molecule has 2 bridgehead atoms. The van der Waals surface area contributed by atoms with Crippen molar-refractivity contribution in [2.45, 2.75) is 83.2 Å². The lowest BCUT2D eigenvalue weighted by Gasteiger charge is -2.71. The van der Waals surface area contributed by atoms with Crippen LogP contribution in [0.2, 0.25) is 5.02 Å². The molecule has 6 aliphatic carbocycles. The Morgan fingerprint density at radius 1 is 0.931 bits per heavy atom. The lowest BCUT2D eigenvalue weighted by Crippen LogP contribution is -2.67.